The molecule has 0 fully saturated rings. The Morgan fingerprint density at radius 1 is 1.19 bits per heavy atom. The van der Waals surface area contributed by atoms with Crippen LogP contribution in [0.3, 0.4) is 0 Å². The number of ketones is 1. The highest BCUT2D eigenvalue weighted by Crippen LogP contribution is 2.32. The Morgan fingerprint density at radius 2 is 1.89 bits per heavy atom. The molecule has 1 atom stereocenters. The molecule has 4 nitrogen and oxygen atoms in total. The van der Waals surface area contributed by atoms with Gasteiger partial charge in [-0.25, -0.2) is 4.68 Å². The highest BCUT2D eigenvalue weighted by molar-refractivity contribution is 8.02. The minimum atomic E-state index is -0.257. The van der Waals surface area contributed by atoms with Crippen LogP contribution < -0.4 is 0 Å². The molecule has 0 aliphatic rings. The second-order valence-electron chi connectivity index (χ2n) is 6.18. The van der Waals surface area contributed by atoms with Crippen molar-refractivity contribution in [1.82, 2.24) is 14.8 Å². The Balaban J connectivity index is 1.61. The molecule has 136 valence electrons. The molecule has 0 aliphatic heterocycles. The van der Waals surface area contributed by atoms with E-state index in [2.05, 4.69) is 10.1 Å². The first-order valence-corrected chi connectivity index (χ1v) is 10.6. The van der Waals surface area contributed by atoms with Gasteiger partial charge in [0, 0.05) is 22.2 Å². The number of carbonyl (C=O) groups excluding carboxylic acids is 1. The first kappa shape index (κ1) is 18.2. The van der Waals surface area contributed by atoms with Crippen LogP contribution in [0.5, 0.6) is 0 Å². The Bertz CT molecular complexity index is 1170. The SMILES string of the molecule is Cc1[nH]c2ccccc2c1C(=O)[C@H](C)Sc1nn(-c2ccccc2)c(=S)s1. The zero-order valence-corrected chi connectivity index (χ0v) is 17.3. The van der Waals surface area contributed by atoms with E-state index in [4.69, 9.17) is 12.2 Å². The summed E-state index contributed by atoms with van der Waals surface area (Å²) in [7, 11) is 0. The van der Waals surface area contributed by atoms with Crippen molar-refractivity contribution in [3.05, 3.63) is 69.8 Å². The average molecular weight is 412 g/mol. The number of hydrogen-bond acceptors (Lipinski definition) is 5. The number of rotatable bonds is 5. The van der Waals surface area contributed by atoms with Crippen LogP contribution in [0.2, 0.25) is 0 Å². The van der Waals surface area contributed by atoms with Crippen molar-refractivity contribution in [3.63, 3.8) is 0 Å². The van der Waals surface area contributed by atoms with Gasteiger partial charge in [0.25, 0.3) is 0 Å². The number of H-pyrrole nitrogens is 1. The molecule has 27 heavy (non-hydrogen) atoms. The molecule has 4 aromatic rings. The number of aromatic amines is 1. The van der Waals surface area contributed by atoms with Gasteiger partial charge in [-0.15, -0.1) is 5.10 Å². The van der Waals surface area contributed by atoms with Gasteiger partial charge < -0.3 is 4.98 Å². The molecule has 0 aliphatic carbocycles. The van der Waals surface area contributed by atoms with E-state index in [9.17, 15) is 4.79 Å². The van der Waals surface area contributed by atoms with E-state index in [1.54, 1.807) is 4.68 Å². The maximum Gasteiger partial charge on any atom is 0.184 e. The second-order valence-corrected chi connectivity index (χ2v) is 9.39. The minimum Gasteiger partial charge on any atom is -0.358 e. The van der Waals surface area contributed by atoms with Crippen molar-refractivity contribution in [2.75, 3.05) is 0 Å². The molecule has 0 bridgehead atoms. The van der Waals surface area contributed by atoms with Crippen molar-refractivity contribution < 1.29 is 4.79 Å². The van der Waals surface area contributed by atoms with Gasteiger partial charge in [0.05, 0.1) is 10.9 Å². The molecule has 0 amide bonds. The maximum atomic E-state index is 13.1. The van der Waals surface area contributed by atoms with Crippen molar-refractivity contribution in [1.29, 1.82) is 0 Å². The van der Waals surface area contributed by atoms with Crippen LogP contribution in [0.25, 0.3) is 16.6 Å². The molecule has 0 saturated carbocycles. The number of carbonyl (C=O) groups is 1. The number of aromatic nitrogens is 3. The first-order valence-electron chi connectivity index (χ1n) is 8.48. The number of fused-ring (bicyclic) bond motifs is 1. The Hall–Kier alpha value is -2.22. The number of benzene rings is 2. The fraction of sp³-hybridized carbons (Fsp3) is 0.150. The number of Topliss-reactive ketones (excluding diaryl/α,β-unsaturated/α-hetero) is 1. The topological polar surface area (TPSA) is 50.7 Å². The maximum absolute atomic E-state index is 13.1. The summed E-state index contributed by atoms with van der Waals surface area (Å²) in [4.78, 5) is 16.4. The predicted octanol–water partition coefficient (Wildman–Crippen LogP) is 5.82. The van der Waals surface area contributed by atoms with Gasteiger partial charge in [0.15, 0.2) is 14.1 Å². The third-order valence-electron chi connectivity index (χ3n) is 4.32. The smallest absolute Gasteiger partial charge is 0.184 e. The summed E-state index contributed by atoms with van der Waals surface area (Å²) in [6.07, 6.45) is 0. The Morgan fingerprint density at radius 3 is 2.67 bits per heavy atom. The molecule has 0 saturated heterocycles. The monoisotopic (exact) mass is 411 g/mol. The van der Waals surface area contributed by atoms with E-state index in [0.29, 0.717) is 3.95 Å². The standard InChI is InChI=1S/C20H17N3OS3/c1-12-17(15-10-6-7-11-16(15)21-12)18(24)13(2)26-19-22-23(20(25)27-19)14-8-4-3-5-9-14/h3-11,13,21H,1-2H3/t13-/m0/s1. The summed E-state index contributed by atoms with van der Waals surface area (Å²) >= 11 is 8.34. The van der Waals surface area contributed by atoms with E-state index < -0.39 is 0 Å². The summed E-state index contributed by atoms with van der Waals surface area (Å²) in [5.74, 6) is 0.0994. The van der Waals surface area contributed by atoms with Gasteiger partial charge in [0.1, 0.15) is 0 Å². The Labute approximate surface area is 170 Å². The van der Waals surface area contributed by atoms with E-state index in [1.807, 2.05) is 68.4 Å². The van der Waals surface area contributed by atoms with Gasteiger partial charge in [-0.3, -0.25) is 4.79 Å². The fourth-order valence-corrected chi connectivity index (χ4v) is 5.61. The van der Waals surface area contributed by atoms with E-state index >= 15 is 0 Å². The molecule has 2 heterocycles. The molecule has 0 unspecified atom stereocenters. The number of hydrogen-bond donors (Lipinski definition) is 1. The number of nitrogens with zero attached hydrogens (tertiary/aromatic N) is 2. The lowest BCUT2D eigenvalue weighted by Crippen LogP contribution is -2.14. The van der Waals surface area contributed by atoms with Crippen LogP contribution in [0.15, 0.2) is 58.9 Å². The van der Waals surface area contributed by atoms with Crippen LogP contribution >= 0.6 is 35.3 Å². The summed E-state index contributed by atoms with van der Waals surface area (Å²) < 4.78 is 3.21. The van der Waals surface area contributed by atoms with Crippen LogP contribution in [-0.2, 0) is 0 Å². The lowest BCUT2D eigenvalue weighted by molar-refractivity contribution is 0.0995. The third-order valence-corrected chi connectivity index (χ3v) is 6.73. The highest BCUT2D eigenvalue weighted by atomic mass is 32.2. The molecule has 0 spiro atoms. The van der Waals surface area contributed by atoms with E-state index in [-0.39, 0.29) is 11.0 Å². The molecule has 7 heteroatoms. The predicted molar refractivity (Wildman–Crippen MR) is 115 cm³/mol. The van der Waals surface area contributed by atoms with Crippen molar-refractivity contribution >= 4 is 52.0 Å². The molecule has 2 aromatic heterocycles. The van der Waals surface area contributed by atoms with E-state index in [1.165, 1.54) is 23.1 Å². The third kappa shape index (κ3) is 3.50. The minimum absolute atomic E-state index is 0.0994. The second kappa shape index (κ2) is 7.42. The zero-order valence-electron chi connectivity index (χ0n) is 14.8. The Kier molecular flexibility index (Phi) is 4.99. The van der Waals surface area contributed by atoms with Crippen molar-refractivity contribution in [2.45, 2.75) is 23.4 Å². The fourth-order valence-electron chi connectivity index (χ4n) is 3.04. The summed E-state index contributed by atoms with van der Waals surface area (Å²) in [5, 5.41) is 5.31. The number of nitrogens with one attached hydrogen (secondary N) is 1. The number of thioether (sulfide) groups is 1. The summed E-state index contributed by atoms with van der Waals surface area (Å²) in [6, 6.07) is 17.7. The highest BCUT2D eigenvalue weighted by Gasteiger charge is 2.23. The van der Waals surface area contributed by atoms with Gasteiger partial charge in [-0.1, -0.05) is 59.5 Å². The van der Waals surface area contributed by atoms with Gasteiger partial charge in [-0.2, -0.15) is 0 Å². The first-order chi connectivity index (χ1) is 13.0. The zero-order chi connectivity index (χ0) is 19.0. The van der Waals surface area contributed by atoms with Gasteiger partial charge >= 0.3 is 0 Å². The van der Waals surface area contributed by atoms with Gasteiger partial charge in [-0.05, 0) is 44.3 Å². The molecular formula is C20H17N3OS3. The van der Waals surface area contributed by atoms with Crippen LogP contribution in [0.4, 0.5) is 0 Å². The number of para-hydroxylation sites is 2. The molecular weight excluding hydrogens is 394 g/mol. The van der Waals surface area contributed by atoms with Crippen LogP contribution in [-0.4, -0.2) is 25.8 Å². The van der Waals surface area contributed by atoms with Crippen LogP contribution in [0, 0.1) is 10.9 Å². The quantitative estimate of drug-likeness (QED) is 0.255. The molecule has 0 radical (unpaired) electrons. The van der Waals surface area contributed by atoms with Gasteiger partial charge in [0.2, 0.25) is 0 Å². The lowest BCUT2D eigenvalue weighted by atomic mass is 10.1. The molecule has 1 N–H and O–H groups in total. The van der Waals surface area contributed by atoms with Crippen LogP contribution in [0.1, 0.15) is 23.0 Å². The average Bonchev–Trinajstić information content (AvgIpc) is 3.20. The largest absolute Gasteiger partial charge is 0.358 e. The van der Waals surface area contributed by atoms with Crippen molar-refractivity contribution in [2.24, 2.45) is 0 Å². The summed E-state index contributed by atoms with van der Waals surface area (Å²) in [5.41, 5.74) is 3.57. The molecule has 2 aromatic carbocycles. The lowest BCUT2D eigenvalue weighted by Gasteiger charge is -2.08. The summed E-state index contributed by atoms with van der Waals surface area (Å²) in [6.45, 7) is 3.87. The number of aryl methyl sites for hydroxylation is 1. The van der Waals surface area contributed by atoms with Crippen molar-refractivity contribution in [3.8, 4) is 5.69 Å². The van der Waals surface area contributed by atoms with E-state index in [0.717, 1.165) is 32.2 Å². The normalized spacial score (nSPS) is 12.4. The molecule has 4 rings (SSSR count).